The fourth-order valence-electron chi connectivity index (χ4n) is 4.28. The standard InChI is InChI=1S/C14H24O2/c1-10(9-16-3)11-6-7-12-13(15)5-4-8-14(11,12)2/h10-12H,4-9H2,1-3H3/t10-,11?,12?,14?/m0/s1. The Morgan fingerprint density at radius 2 is 2.25 bits per heavy atom. The third-order valence-corrected chi connectivity index (χ3v) is 5.05. The van der Waals surface area contributed by atoms with Crippen LogP contribution in [0.4, 0.5) is 0 Å². The van der Waals surface area contributed by atoms with E-state index in [1.54, 1.807) is 7.11 Å². The second-order valence-electron chi connectivity index (χ2n) is 5.99. The summed E-state index contributed by atoms with van der Waals surface area (Å²) in [5.74, 6) is 2.15. The summed E-state index contributed by atoms with van der Waals surface area (Å²) in [6.07, 6.45) is 5.50. The zero-order valence-electron chi connectivity index (χ0n) is 10.8. The predicted octanol–water partition coefficient (Wildman–Crippen LogP) is 3.05. The van der Waals surface area contributed by atoms with Crippen molar-refractivity contribution in [1.82, 2.24) is 0 Å². The maximum absolute atomic E-state index is 12.0. The summed E-state index contributed by atoms with van der Waals surface area (Å²) in [5.41, 5.74) is 0.271. The Morgan fingerprint density at radius 3 is 2.94 bits per heavy atom. The third-order valence-electron chi connectivity index (χ3n) is 5.05. The fourth-order valence-corrected chi connectivity index (χ4v) is 4.28. The number of hydrogen-bond donors (Lipinski definition) is 0. The van der Waals surface area contributed by atoms with E-state index in [4.69, 9.17) is 4.74 Å². The van der Waals surface area contributed by atoms with Crippen molar-refractivity contribution in [3.05, 3.63) is 0 Å². The summed E-state index contributed by atoms with van der Waals surface area (Å²) in [6.45, 7) is 5.46. The van der Waals surface area contributed by atoms with E-state index in [-0.39, 0.29) is 5.41 Å². The van der Waals surface area contributed by atoms with Gasteiger partial charge in [0.15, 0.2) is 0 Å². The fraction of sp³-hybridized carbons (Fsp3) is 0.929. The van der Waals surface area contributed by atoms with Crippen molar-refractivity contribution in [2.45, 2.75) is 46.0 Å². The molecule has 16 heavy (non-hydrogen) atoms. The highest BCUT2D eigenvalue weighted by Gasteiger charge is 2.52. The lowest BCUT2D eigenvalue weighted by Gasteiger charge is -2.42. The van der Waals surface area contributed by atoms with Crippen molar-refractivity contribution in [2.24, 2.45) is 23.2 Å². The number of fused-ring (bicyclic) bond motifs is 1. The first-order chi connectivity index (χ1) is 7.59. The highest BCUT2D eigenvalue weighted by molar-refractivity contribution is 5.83. The Kier molecular flexibility index (Phi) is 3.39. The molecule has 0 aliphatic heterocycles. The first-order valence-electron chi connectivity index (χ1n) is 6.61. The van der Waals surface area contributed by atoms with Crippen LogP contribution in [-0.4, -0.2) is 19.5 Å². The number of hydrogen-bond acceptors (Lipinski definition) is 2. The Balaban J connectivity index is 2.14. The molecule has 0 amide bonds. The van der Waals surface area contributed by atoms with Gasteiger partial charge in [0, 0.05) is 26.1 Å². The molecule has 2 aliphatic carbocycles. The molecule has 0 saturated heterocycles. The van der Waals surface area contributed by atoms with Crippen LogP contribution in [0.2, 0.25) is 0 Å². The lowest BCUT2D eigenvalue weighted by Crippen LogP contribution is -2.40. The Bertz CT molecular complexity index is 274. The van der Waals surface area contributed by atoms with Gasteiger partial charge in [-0.1, -0.05) is 13.8 Å². The maximum Gasteiger partial charge on any atom is 0.136 e. The SMILES string of the molecule is COC[C@H](C)C1CCC2C(=O)CCCC21C. The zero-order valence-corrected chi connectivity index (χ0v) is 10.8. The summed E-state index contributed by atoms with van der Waals surface area (Å²) in [6, 6.07) is 0. The molecule has 2 saturated carbocycles. The van der Waals surface area contributed by atoms with Crippen molar-refractivity contribution in [1.29, 1.82) is 0 Å². The van der Waals surface area contributed by atoms with Gasteiger partial charge in [-0.2, -0.15) is 0 Å². The van der Waals surface area contributed by atoms with Crippen molar-refractivity contribution in [3.8, 4) is 0 Å². The van der Waals surface area contributed by atoms with Gasteiger partial charge >= 0.3 is 0 Å². The number of carbonyl (C=O) groups is 1. The minimum Gasteiger partial charge on any atom is -0.384 e. The second-order valence-corrected chi connectivity index (χ2v) is 5.99. The van der Waals surface area contributed by atoms with Crippen LogP contribution >= 0.6 is 0 Å². The average molecular weight is 224 g/mol. The smallest absolute Gasteiger partial charge is 0.136 e. The molecule has 92 valence electrons. The van der Waals surface area contributed by atoms with Crippen LogP contribution in [0.15, 0.2) is 0 Å². The summed E-state index contributed by atoms with van der Waals surface area (Å²) in [4.78, 5) is 12.0. The molecule has 2 rings (SSSR count). The molecule has 0 heterocycles. The van der Waals surface area contributed by atoms with Crippen LogP contribution < -0.4 is 0 Å². The Morgan fingerprint density at radius 1 is 1.50 bits per heavy atom. The van der Waals surface area contributed by atoms with E-state index in [0.717, 1.165) is 25.9 Å². The van der Waals surface area contributed by atoms with E-state index in [2.05, 4.69) is 13.8 Å². The van der Waals surface area contributed by atoms with Gasteiger partial charge in [0.1, 0.15) is 5.78 Å². The summed E-state index contributed by atoms with van der Waals surface area (Å²) in [7, 11) is 1.78. The molecule has 2 fully saturated rings. The average Bonchev–Trinajstić information content (AvgIpc) is 2.57. The number of rotatable bonds is 3. The van der Waals surface area contributed by atoms with Crippen molar-refractivity contribution in [2.75, 3.05) is 13.7 Å². The largest absolute Gasteiger partial charge is 0.384 e. The van der Waals surface area contributed by atoms with Crippen molar-refractivity contribution >= 4 is 5.78 Å². The molecule has 0 N–H and O–H groups in total. The minimum atomic E-state index is 0.271. The van der Waals surface area contributed by atoms with Gasteiger partial charge in [0.25, 0.3) is 0 Å². The highest BCUT2D eigenvalue weighted by atomic mass is 16.5. The number of ketones is 1. The van der Waals surface area contributed by atoms with Gasteiger partial charge in [-0.25, -0.2) is 0 Å². The first-order valence-corrected chi connectivity index (χ1v) is 6.61. The predicted molar refractivity (Wildman–Crippen MR) is 64.2 cm³/mol. The number of ether oxygens (including phenoxy) is 1. The normalized spacial score (nSPS) is 40.8. The number of Topliss-reactive ketones (excluding diaryl/α,β-unsaturated/α-hetero) is 1. The molecule has 2 heteroatoms. The van der Waals surface area contributed by atoms with Crippen LogP contribution in [0.25, 0.3) is 0 Å². The molecular weight excluding hydrogens is 200 g/mol. The van der Waals surface area contributed by atoms with Crippen LogP contribution in [0.3, 0.4) is 0 Å². The molecule has 0 aromatic heterocycles. The van der Waals surface area contributed by atoms with E-state index in [1.165, 1.54) is 12.8 Å². The van der Waals surface area contributed by atoms with Gasteiger partial charge in [0.05, 0.1) is 0 Å². The second kappa shape index (κ2) is 4.48. The van der Waals surface area contributed by atoms with Crippen LogP contribution in [-0.2, 0) is 9.53 Å². The lowest BCUT2D eigenvalue weighted by molar-refractivity contribution is -0.130. The monoisotopic (exact) mass is 224 g/mol. The van der Waals surface area contributed by atoms with E-state index in [9.17, 15) is 4.79 Å². The van der Waals surface area contributed by atoms with Gasteiger partial charge in [-0.05, 0) is 42.9 Å². The molecule has 2 aliphatic rings. The third kappa shape index (κ3) is 1.81. The van der Waals surface area contributed by atoms with Crippen LogP contribution in [0.5, 0.6) is 0 Å². The Labute approximate surface area is 98.7 Å². The van der Waals surface area contributed by atoms with Gasteiger partial charge in [-0.3, -0.25) is 4.79 Å². The van der Waals surface area contributed by atoms with Gasteiger partial charge in [0.2, 0.25) is 0 Å². The van der Waals surface area contributed by atoms with Crippen LogP contribution in [0, 0.1) is 23.2 Å². The first kappa shape index (κ1) is 12.1. The molecule has 2 nitrogen and oxygen atoms in total. The van der Waals surface area contributed by atoms with E-state index < -0.39 is 0 Å². The molecule has 0 aromatic rings. The molecule has 4 atom stereocenters. The topological polar surface area (TPSA) is 26.3 Å². The Hall–Kier alpha value is -0.370. The zero-order chi connectivity index (χ0) is 11.8. The van der Waals surface area contributed by atoms with Crippen molar-refractivity contribution in [3.63, 3.8) is 0 Å². The van der Waals surface area contributed by atoms with E-state index in [0.29, 0.717) is 23.5 Å². The molecule has 0 aromatic carbocycles. The van der Waals surface area contributed by atoms with E-state index >= 15 is 0 Å². The minimum absolute atomic E-state index is 0.271. The molecule has 0 spiro atoms. The van der Waals surface area contributed by atoms with Crippen molar-refractivity contribution < 1.29 is 9.53 Å². The molecule has 0 bridgehead atoms. The summed E-state index contributed by atoms with van der Waals surface area (Å²) in [5, 5.41) is 0. The number of methoxy groups -OCH3 is 1. The molecule has 0 radical (unpaired) electrons. The van der Waals surface area contributed by atoms with Gasteiger partial charge < -0.3 is 4.74 Å². The summed E-state index contributed by atoms with van der Waals surface area (Å²) < 4.78 is 5.28. The quantitative estimate of drug-likeness (QED) is 0.736. The molecule has 3 unspecified atom stereocenters. The highest BCUT2D eigenvalue weighted by Crippen LogP contribution is 2.56. The number of carbonyl (C=O) groups excluding carboxylic acids is 1. The summed E-state index contributed by atoms with van der Waals surface area (Å²) >= 11 is 0. The van der Waals surface area contributed by atoms with Crippen LogP contribution in [0.1, 0.15) is 46.0 Å². The van der Waals surface area contributed by atoms with E-state index in [1.807, 2.05) is 0 Å². The maximum atomic E-state index is 12.0. The lowest BCUT2D eigenvalue weighted by atomic mass is 9.62. The van der Waals surface area contributed by atoms with Gasteiger partial charge in [-0.15, -0.1) is 0 Å². The molecular formula is C14H24O2.